The van der Waals surface area contributed by atoms with Gasteiger partial charge in [-0.05, 0) is 54.0 Å². The molecule has 0 aliphatic rings. The van der Waals surface area contributed by atoms with Crippen LogP contribution in [-0.2, 0) is 20.2 Å². The number of nitrogens with one attached hydrogen (secondary N) is 2. The van der Waals surface area contributed by atoms with Gasteiger partial charge < -0.3 is 20.3 Å². The van der Waals surface area contributed by atoms with Crippen LogP contribution in [0.25, 0.3) is 5.69 Å². The molecule has 360 valence electrons. The lowest BCUT2D eigenvalue weighted by atomic mass is 9.72. The fraction of sp³-hybridized carbons (Fsp3) is 0.531. The minimum atomic E-state index is -4.48. The minimum Gasteiger partial charge on any atom is -0.506 e. The third kappa shape index (κ3) is 15.8. The smallest absolute Gasteiger partial charge is 0.263 e. The number of sulfonamides is 1. The summed E-state index contributed by atoms with van der Waals surface area (Å²) in [7, 11) is -4.48. The number of hydrogen-bond acceptors (Lipinski definition) is 10. The standard InChI is InChI=1S/C49H66Cl3N7O6S/c1-8-10-11-12-13-14-15-16-17-18-19-20-21-22-23-65-43-29-39(42(60)26-35(43)49(6,7)32-48(3,4)5)58-66(63,64)44-28-36(50)41(27-37(44)51)59-47(33(30-53)31-54-59)57-56-34-24-38(52)46(62)40(25-34)55-45(61)9-2/h24-29,31,58,60,62H,8-23,32H2,1-7H3,(H,55,61). The molecular weight excluding hydrogens is 921 g/mol. The summed E-state index contributed by atoms with van der Waals surface area (Å²) in [5, 5.41) is 46.2. The number of aromatic nitrogens is 2. The Labute approximate surface area is 406 Å². The van der Waals surface area contributed by atoms with Gasteiger partial charge in [0.2, 0.25) is 5.91 Å². The van der Waals surface area contributed by atoms with Crippen LogP contribution in [0.5, 0.6) is 17.2 Å². The number of aromatic hydroxyl groups is 2. The van der Waals surface area contributed by atoms with Gasteiger partial charge in [-0.25, -0.2) is 13.1 Å². The monoisotopic (exact) mass is 985 g/mol. The molecule has 4 rings (SSSR count). The lowest BCUT2D eigenvalue weighted by molar-refractivity contribution is -0.115. The zero-order valence-electron chi connectivity index (χ0n) is 39.4. The van der Waals surface area contributed by atoms with E-state index in [0.29, 0.717) is 12.4 Å². The van der Waals surface area contributed by atoms with E-state index in [4.69, 9.17) is 39.5 Å². The van der Waals surface area contributed by atoms with Crippen molar-refractivity contribution in [2.24, 2.45) is 15.6 Å². The number of halogens is 3. The highest BCUT2D eigenvalue weighted by atomic mass is 35.5. The molecule has 0 fully saturated rings. The summed E-state index contributed by atoms with van der Waals surface area (Å²) in [6.07, 6.45) is 19.5. The number of unbranched alkanes of at least 4 members (excludes halogenated alkanes) is 13. The number of carbonyl (C=O) groups excluding carboxylic acids is 1. The Morgan fingerprint density at radius 3 is 1.98 bits per heavy atom. The second-order valence-corrected chi connectivity index (χ2v) is 21.5. The predicted octanol–water partition coefficient (Wildman–Crippen LogP) is 15.3. The van der Waals surface area contributed by atoms with Crippen LogP contribution in [0.4, 0.5) is 22.9 Å². The molecule has 0 aliphatic carbocycles. The maximum Gasteiger partial charge on any atom is 0.263 e. The van der Waals surface area contributed by atoms with Gasteiger partial charge in [0.25, 0.3) is 10.0 Å². The van der Waals surface area contributed by atoms with Crippen LogP contribution in [0, 0.1) is 16.7 Å². The van der Waals surface area contributed by atoms with Crippen LogP contribution in [0.2, 0.25) is 15.1 Å². The van der Waals surface area contributed by atoms with Gasteiger partial charge in [-0.15, -0.1) is 10.2 Å². The van der Waals surface area contributed by atoms with Gasteiger partial charge in [-0.3, -0.25) is 9.52 Å². The second-order valence-electron chi connectivity index (χ2n) is 18.6. The molecule has 1 aromatic heterocycles. The molecule has 0 spiro atoms. The molecule has 4 N–H and O–H groups in total. The topological polar surface area (TPSA) is 191 Å². The van der Waals surface area contributed by atoms with Gasteiger partial charge in [-0.1, -0.05) is 167 Å². The van der Waals surface area contributed by atoms with Crippen molar-refractivity contribution < 1.29 is 28.2 Å². The van der Waals surface area contributed by atoms with Crippen LogP contribution in [-0.4, -0.2) is 40.9 Å². The van der Waals surface area contributed by atoms with Crippen molar-refractivity contribution in [3.8, 4) is 29.0 Å². The van der Waals surface area contributed by atoms with Crippen molar-refractivity contribution in [3.05, 3.63) is 68.8 Å². The zero-order valence-corrected chi connectivity index (χ0v) is 42.5. The largest absolute Gasteiger partial charge is 0.506 e. The molecule has 0 saturated heterocycles. The number of hydrogen-bond donors (Lipinski definition) is 4. The highest BCUT2D eigenvalue weighted by molar-refractivity contribution is 7.92. The normalized spacial score (nSPS) is 12.1. The van der Waals surface area contributed by atoms with Crippen molar-refractivity contribution in [1.29, 1.82) is 5.26 Å². The van der Waals surface area contributed by atoms with Crippen LogP contribution in [0.1, 0.15) is 162 Å². The van der Waals surface area contributed by atoms with Gasteiger partial charge >= 0.3 is 0 Å². The van der Waals surface area contributed by atoms with Crippen molar-refractivity contribution in [2.45, 2.75) is 162 Å². The Hall–Kier alpha value is -4.55. The predicted molar refractivity (Wildman–Crippen MR) is 266 cm³/mol. The average Bonchev–Trinajstić information content (AvgIpc) is 3.66. The molecule has 3 aromatic carbocycles. The van der Waals surface area contributed by atoms with E-state index in [9.17, 15) is 28.7 Å². The van der Waals surface area contributed by atoms with E-state index in [-0.39, 0.29) is 78.4 Å². The number of nitrogens with zero attached hydrogens (tertiary/aromatic N) is 5. The van der Waals surface area contributed by atoms with Gasteiger partial charge in [0.1, 0.15) is 28.0 Å². The van der Waals surface area contributed by atoms with Crippen molar-refractivity contribution in [1.82, 2.24) is 9.78 Å². The molecule has 0 atom stereocenters. The summed E-state index contributed by atoms with van der Waals surface area (Å²) in [4.78, 5) is 11.6. The maximum absolute atomic E-state index is 14.0. The third-order valence-corrected chi connectivity index (χ3v) is 13.5. The number of phenols is 2. The Morgan fingerprint density at radius 2 is 1.41 bits per heavy atom. The van der Waals surface area contributed by atoms with E-state index in [1.165, 1.54) is 101 Å². The first kappa shape index (κ1) is 54.1. The van der Waals surface area contributed by atoms with E-state index in [1.807, 2.05) is 6.07 Å². The molecule has 13 nitrogen and oxygen atoms in total. The third-order valence-electron chi connectivity index (χ3n) is 11.1. The average molecular weight is 988 g/mol. The van der Waals surface area contributed by atoms with Gasteiger partial charge in [0.15, 0.2) is 11.6 Å². The molecule has 0 aliphatic heterocycles. The summed E-state index contributed by atoms with van der Waals surface area (Å²) in [5.41, 5.74) is 0.359. The second kappa shape index (κ2) is 25.0. The Bertz CT molecular complexity index is 2460. The van der Waals surface area contributed by atoms with Crippen molar-refractivity contribution >= 4 is 73.6 Å². The number of nitriles is 1. The molecule has 0 unspecified atom stereocenters. The lowest BCUT2D eigenvalue weighted by Crippen LogP contribution is -2.26. The first-order valence-corrected chi connectivity index (χ1v) is 25.6. The number of ether oxygens (including phenoxy) is 1. The van der Waals surface area contributed by atoms with Crippen LogP contribution in [0.3, 0.4) is 0 Å². The number of anilines is 2. The van der Waals surface area contributed by atoms with E-state index in [2.05, 4.69) is 66.9 Å². The maximum atomic E-state index is 14.0. The van der Waals surface area contributed by atoms with E-state index in [0.717, 1.165) is 42.0 Å². The van der Waals surface area contributed by atoms with Gasteiger partial charge in [0, 0.05) is 18.1 Å². The van der Waals surface area contributed by atoms with E-state index < -0.39 is 20.3 Å². The highest BCUT2D eigenvalue weighted by Gasteiger charge is 2.32. The summed E-state index contributed by atoms with van der Waals surface area (Å²) in [6, 6.07) is 10.1. The summed E-state index contributed by atoms with van der Waals surface area (Å²) in [5.74, 6) is -0.638. The van der Waals surface area contributed by atoms with E-state index >= 15 is 0 Å². The number of rotatable bonds is 26. The van der Waals surface area contributed by atoms with E-state index in [1.54, 1.807) is 13.0 Å². The molecule has 4 aromatic rings. The molecular formula is C49H66Cl3N7O6S. The van der Waals surface area contributed by atoms with Crippen LogP contribution >= 0.6 is 34.8 Å². The van der Waals surface area contributed by atoms with Crippen molar-refractivity contribution in [3.63, 3.8) is 0 Å². The highest BCUT2D eigenvalue weighted by Crippen LogP contribution is 2.45. The summed E-state index contributed by atoms with van der Waals surface area (Å²) in [6.45, 7) is 14.9. The number of carbonyl (C=O) groups is 1. The first-order chi connectivity index (χ1) is 31.2. The van der Waals surface area contributed by atoms with Gasteiger partial charge in [0.05, 0.1) is 50.6 Å². The Balaban J connectivity index is 1.52. The molecule has 17 heteroatoms. The van der Waals surface area contributed by atoms with Crippen molar-refractivity contribution in [2.75, 3.05) is 16.6 Å². The number of azo groups is 1. The SMILES string of the molecule is CCCCCCCCCCCCCCCCOc1cc(NS(=O)(=O)c2cc(Cl)c(-n3ncc(C#N)c3N=Nc3cc(Cl)c(O)c(NC(=O)CC)c3)cc2Cl)c(O)cc1C(C)(C)CC(C)(C)C. The summed E-state index contributed by atoms with van der Waals surface area (Å²) >= 11 is 19.6. The van der Waals surface area contributed by atoms with Crippen LogP contribution in [0.15, 0.2) is 57.7 Å². The summed E-state index contributed by atoms with van der Waals surface area (Å²) < 4.78 is 38.1. The minimum absolute atomic E-state index is 0.00940. The zero-order chi connectivity index (χ0) is 48.7. The first-order valence-electron chi connectivity index (χ1n) is 23.0. The lowest BCUT2D eigenvalue weighted by Gasteiger charge is -2.34. The molecule has 66 heavy (non-hydrogen) atoms. The quantitative estimate of drug-likeness (QED) is 0.0271. The Morgan fingerprint density at radius 1 is 0.803 bits per heavy atom. The number of benzene rings is 3. The number of phenolic OH excluding ortho intramolecular Hbond substituents is 2. The fourth-order valence-corrected chi connectivity index (χ4v) is 10.2. The molecule has 0 saturated carbocycles. The number of amides is 1. The molecule has 1 amide bonds. The van der Waals surface area contributed by atoms with Gasteiger partial charge in [-0.2, -0.15) is 10.4 Å². The van der Waals surface area contributed by atoms with Crippen LogP contribution < -0.4 is 14.8 Å². The molecule has 1 heterocycles. The Kier molecular flexibility index (Phi) is 20.5. The molecule has 0 radical (unpaired) electrons. The fourth-order valence-electron chi connectivity index (χ4n) is 8.06. The molecule has 0 bridgehead atoms.